The second-order valence-corrected chi connectivity index (χ2v) is 6.77. The predicted octanol–water partition coefficient (Wildman–Crippen LogP) is 1.51. The molecule has 0 spiro atoms. The molecule has 2 aliphatic rings. The van der Waals surface area contributed by atoms with Crippen LogP contribution in [0.25, 0.3) is 0 Å². The Morgan fingerprint density at radius 3 is 2.80 bits per heavy atom. The van der Waals surface area contributed by atoms with E-state index >= 15 is 0 Å². The number of carboxylic acid groups (broad SMARTS) is 1. The molecule has 0 radical (unpaired) electrons. The number of pyridine rings is 1. The molecule has 0 bridgehead atoms. The normalized spacial score (nSPS) is 16.6. The van der Waals surface area contributed by atoms with E-state index in [2.05, 4.69) is 10.1 Å². The zero-order chi connectivity index (χ0) is 17.4. The number of hydrogen-bond donors (Lipinski definition) is 1. The number of rotatable bonds is 5. The maximum atomic E-state index is 12.6. The number of carboxylic acids is 1. The van der Waals surface area contributed by atoms with Crippen LogP contribution in [0.1, 0.15) is 40.3 Å². The fourth-order valence-electron chi connectivity index (χ4n) is 3.34. The minimum Gasteiger partial charge on any atom is -0.476 e. The molecule has 0 atom stereocenters. The molecule has 130 valence electrons. The van der Waals surface area contributed by atoms with E-state index in [9.17, 15) is 14.7 Å². The van der Waals surface area contributed by atoms with E-state index in [4.69, 9.17) is 0 Å². The minimum atomic E-state index is -1.02. The van der Waals surface area contributed by atoms with Crippen LogP contribution in [0.4, 0.5) is 0 Å². The van der Waals surface area contributed by atoms with Gasteiger partial charge >= 0.3 is 5.97 Å². The van der Waals surface area contributed by atoms with Crippen molar-refractivity contribution in [1.29, 1.82) is 0 Å². The Balaban J connectivity index is 1.54. The van der Waals surface area contributed by atoms with Crippen molar-refractivity contribution in [3.05, 3.63) is 47.0 Å². The highest BCUT2D eigenvalue weighted by Crippen LogP contribution is 2.32. The summed E-state index contributed by atoms with van der Waals surface area (Å²) in [4.78, 5) is 30.0. The van der Waals surface area contributed by atoms with Crippen molar-refractivity contribution >= 4 is 11.9 Å². The van der Waals surface area contributed by atoms with Crippen LogP contribution in [0.15, 0.2) is 24.4 Å². The fourth-order valence-corrected chi connectivity index (χ4v) is 3.34. The van der Waals surface area contributed by atoms with E-state index in [1.54, 1.807) is 11.1 Å². The molecule has 3 heterocycles. The molecule has 1 amide bonds. The highest BCUT2D eigenvalue weighted by atomic mass is 16.4. The number of aromatic carboxylic acids is 1. The monoisotopic (exact) mass is 340 g/mol. The van der Waals surface area contributed by atoms with Crippen molar-refractivity contribution in [3.63, 3.8) is 0 Å². The number of carbonyl (C=O) groups is 2. The molecule has 7 nitrogen and oxygen atoms in total. The van der Waals surface area contributed by atoms with Crippen molar-refractivity contribution in [2.45, 2.75) is 38.8 Å². The summed E-state index contributed by atoms with van der Waals surface area (Å²) >= 11 is 0. The maximum Gasteiger partial charge on any atom is 0.356 e. The van der Waals surface area contributed by atoms with Crippen LogP contribution in [0, 0.1) is 5.92 Å². The van der Waals surface area contributed by atoms with Gasteiger partial charge in [0.1, 0.15) is 0 Å². The van der Waals surface area contributed by atoms with Gasteiger partial charge in [0.2, 0.25) is 5.91 Å². The fraction of sp³-hybridized carbons (Fsp3) is 0.444. The van der Waals surface area contributed by atoms with Crippen molar-refractivity contribution in [2.75, 3.05) is 6.54 Å². The number of hydrogen-bond acceptors (Lipinski definition) is 4. The van der Waals surface area contributed by atoms with E-state index in [-0.39, 0.29) is 18.0 Å². The van der Waals surface area contributed by atoms with E-state index < -0.39 is 5.97 Å². The molecule has 1 saturated carbocycles. The summed E-state index contributed by atoms with van der Waals surface area (Å²) in [5.74, 6) is -0.435. The van der Waals surface area contributed by atoms with Crippen molar-refractivity contribution in [3.8, 4) is 0 Å². The van der Waals surface area contributed by atoms with Gasteiger partial charge in [0.25, 0.3) is 0 Å². The smallest absolute Gasteiger partial charge is 0.356 e. The molecule has 2 aromatic heterocycles. The van der Waals surface area contributed by atoms with Gasteiger partial charge in [0.15, 0.2) is 5.69 Å². The Kier molecular flexibility index (Phi) is 3.99. The molecule has 25 heavy (non-hydrogen) atoms. The van der Waals surface area contributed by atoms with Gasteiger partial charge in [-0.3, -0.25) is 14.5 Å². The molecule has 1 fully saturated rings. The average Bonchev–Trinajstić information content (AvgIpc) is 3.35. The highest BCUT2D eigenvalue weighted by molar-refractivity contribution is 5.88. The van der Waals surface area contributed by atoms with Crippen LogP contribution in [-0.4, -0.2) is 43.2 Å². The summed E-state index contributed by atoms with van der Waals surface area (Å²) in [6.45, 7) is 1.69. The second kappa shape index (κ2) is 6.31. The first-order valence-electron chi connectivity index (χ1n) is 8.61. The lowest BCUT2D eigenvalue weighted by atomic mass is 10.0. The van der Waals surface area contributed by atoms with Gasteiger partial charge in [-0.1, -0.05) is 6.07 Å². The molecular formula is C18H20N4O3. The number of aromatic nitrogens is 3. The van der Waals surface area contributed by atoms with Gasteiger partial charge in [-0.2, -0.15) is 5.10 Å². The third-order valence-corrected chi connectivity index (χ3v) is 4.88. The topological polar surface area (TPSA) is 88.3 Å². The Hall–Kier alpha value is -2.70. The van der Waals surface area contributed by atoms with Crippen molar-refractivity contribution in [1.82, 2.24) is 19.7 Å². The Bertz CT molecular complexity index is 811. The van der Waals surface area contributed by atoms with E-state index in [0.29, 0.717) is 31.0 Å². The highest BCUT2D eigenvalue weighted by Gasteiger charge is 2.32. The predicted molar refractivity (Wildman–Crippen MR) is 89.0 cm³/mol. The lowest BCUT2D eigenvalue weighted by Crippen LogP contribution is -2.37. The van der Waals surface area contributed by atoms with Crippen LogP contribution < -0.4 is 0 Å². The third kappa shape index (κ3) is 3.26. The van der Waals surface area contributed by atoms with Gasteiger partial charge in [-0.05, 0) is 30.9 Å². The quantitative estimate of drug-likeness (QED) is 0.891. The van der Waals surface area contributed by atoms with Gasteiger partial charge in [0, 0.05) is 49.2 Å². The summed E-state index contributed by atoms with van der Waals surface area (Å²) in [6, 6.07) is 5.49. The third-order valence-electron chi connectivity index (χ3n) is 4.88. The lowest BCUT2D eigenvalue weighted by Gasteiger charge is -2.27. The SMILES string of the molecule is O=C(O)c1nn(CC2CC2)c2c1CN(C(=O)Cc1ccccn1)CC2. The van der Waals surface area contributed by atoms with Gasteiger partial charge in [0.05, 0.1) is 6.42 Å². The molecule has 0 unspecified atom stereocenters. The molecule has 4 rings (SSSR count). The minimum absolute atomic E-state index is 0.0318. The van der Waals surface area contributed by atoms with Gasteiger partial charge in [-0.25, -0.2) is 4.79 Å². The van der Waals surface area contributed by atoms with Crippen LogP contribution >= 0.6 is 0 Å². The summed E-state index contributed by atoms with van der Waals surface area (Å²) < 4.78 is 1.86. The Morgan fingerprint density at radius 1 is 1.28 bits per heavy atom. The van der Waals surface area contributed by atoms with E-state index in [1.165, 1.54) is 12.8 Å². The summed E-state index contributed by atoms with van der Waals surface area (Å²) in [6.07, 6.45) is 4.92. The molecule has 7 heteroatoms. The maximum absolute atomic E-state index is 12.6. The summed E-state index contributed by atoms with van der Waals surface area (Å²) in [7, 11) is 0. The molecule has 1 N–H and O–H groups in total. The number of carbonyl (C=O) groups excluding carboxylic acids is 1. The number of nitrogens with zero attached hydrogens (tertiary/aromatic N) is 4. The number of fused-ring (bicyclic) bond motifs is 1. The average molecular weight is 340 g/mol. The first-order valence-corrected chi connectivity index (χ1v) is 8.61. The van der Waals surface area contributed by atoms with E-state index in [1.807, 2.05) is 22.9 Å². The first-order chi connectivity index (χ1) is 12.1. The van der Waals surface area contributed by atoms with Gasteiger partial charge < -0.3 is 10.0 Å². The van der Waals surface area contributed by atoms with Crippen LogP contribution in [0.5, 0.6) is 0 Å². The summed E-state index contributed by atoms with van der Waals surface area (Å²) in [5, 5.41) is 13.8. The van der Waals surface area contributed by atoms with Crippen LogP contribution in [-0.2, 0) is 30.7 Å². The zero-order valence-electron chi connectivity index (χ0n) is 13.9. The van der Waals surface area contributed by atoms with Crippen LogP contribution in [0.3, 0.4) is 0 Å². The zero-order valence-corrected chi connectivity index (χ0v) is 13.9. The lowest BCUT2D eigenvalue weighted by molar-refractivity contribution is -0.131. The Labute approximate surface area is 145 Å². The largest absolute Gasteiger partial charge is 0.476 e. The Morgan fingerprint density at radius 2 is 2.12 bits per heavy atom. The van der Waals surface area contributed by atoms with E-state index in [0.717, 1.165) is 17.9 Å². The molecule has 2 aromatic rings. The number of amides is 1. The molecular weight excluding hydrogens is 320 g/mol. The summed E-state index contributed by atoms with van der Waals surface area (Å²) in [5.41, 5.74) is 2.48. The van der Waals surface area contributed by atoms with Crippen molar-refractivity contribution in [2.24, 2.45) is 5.92 Å². The second-order valence-electron chi connectivity index (χ2n) is 6.77. The molecule has 1 aliphatic heterocycles. The molecule has 1 aliphatic carbocycles. The van der Waals surface area contributed by atoms with Crippen molar-refractivity contribution < 1.29 is 14.7 Å². The first kappa shape index (κ1) is 15.8. The van der Waals surface area contributed by atoms with Gasteiger partial charge in [-0.15, -0.1) is 0 Å². The standard InChI is InChI=1S/C18H20N4O3/c23-16(9-13-3-1-2-7-19-13)21-8-6-15-14(11-21)17(18(24)25)20-22(15)10-12-4-5-12/h1-3,7,12H,4-6,8-11H2,(H,24,25). The molecule has 0 aromatic carbocycles. The van der Waals surface area contributed by atoms with Crippen LogP contribution in [0.2, 0.25) is 0 Å². The molecule has 0 saturated heterocycles.